The largest absolute Gasteiger partial charge is 0.369 e. The van der Waals surface area contributed by atoms with E-state index in [0.29, 0.717) is 12.5 Å². The average Bonchev–Trinajstić information content (AvgIpc) is 3.05. The van der Waals surface area contributed by atoms with Crippen molar-refractivity contribution in [2.24, 2.45) is 4.99 Å². The van der Waals surface area contributed by atoms with Gasteiger partial charge in [0.2, 0.25) is 5.91 Å². The zero-order chi connectivity index (χ0) is 19.1. The van der Waals surface area contributed by atoms with Gasteiger partial charge in [0.15, 0.2) is 5.96 Å². The lowest BCUT2D eigenvalue weighted by Crippen LogP contribution is -2.45. The molecule has 0 saturated carbocycles. The summed E-state index contributed by atoms with van der Waals surface area (Å²) in [5, 5.41) is 7.41. The Morgan fingerprint density at radius 3 is 2.63 bits per heavy atom. The highest BCUT2D eigenvalue weighted by Crippen LogP contribution is 2.22. The first-order valence-corrected chi connectivity index (χ1v) is 9.13. The number of amides is 1. The maximum atomic E-state index is 11.8. The summed E-state index contributed by atoms with van der Waals surface area (Å²) >= 11 is 5.97. The number of nitrogens with zero attached hydrogens (tertiary/aromatic N) is 3. The number of hydrogen-bond donors (Lipinski definition) is 2. The second kappa shape index (κ2) is 11.4. The molecule has 2 N–H and O–H groups in total. The summed E-state index contributed by atoms with van der Waals surface area (Å²) in [5.41, 5.74) is 2.17. The van der Waals surface area contributed by atoms with Crippen molar-refractivity contribution in [1.29, 1.82) is 0 Å². The molecule has 0 radical (unpaired) electrons. The fourth-order valence-electron chi connectivity index (χ4n) is 2.63. The molecular weight excluding hydrogens is 477 g/mol. The summed E-state index contributed by atoms with van der Waals surface area (Å²) in [5.74, 6) is 0.613. The van der Waals surface area contributed by atoms with E-state index >= 15 is 0 Å². The van der Waals surface area contributed by atoms with Crippen LogP contribution in [0.25, 0.3) is 0 Å². The highest BCUT2D eigenvalue weighted by atomic mass is 127. The SMILES string of the molecule is C=C(C)CNC(=NCC(=O)N(C)C)NC1CCN(c2ccc(Cl)cc2)C1.I. The van der Waals surface area contributed by atoms with Crippen LogP contribution in [-0.4, -0.2) is 63.1 Å². The smallest absolute Gasteiger partial charge is 0.243 e. The van der Waals surface area contributed by atoms with Crippen molar-refractivity contribution >= 4 is 53.1 Å². The molecule has 2 rings (SSSR count). The van der Waals surface area contributed by atoms with Gasteiger partial charge < -0.3 is 20.4 Å². The van der Waals surface area contributed by atoms with Gasteiger partial charge in [0, 0.05) is 50.5 Å². The summed E-state index contributed by atoms with van der Waals surface area (Å²) in [4.78, 5) is 20.1. The molecule has 1 aliphatic heterocycles. The second-order valence-corrected chi connectivity index (χ2v) is 7.25. The number of aliphatic imine (C=N–C) groups is 1. The van der Waals surface area contributed by atoms with Crippen LogP contribution in [0.15, 0.2) is 41.4 Å². The maximum Gasteiger partial charge on any atom is 0.243 e. The Balaban J connectivity index is 0.00000364. The number of rotatable bonds is 6. The van der Waals surface area contributed by atoms with E-state index < -0.39 is 0 Å². The molecule has 150 valence electrons. The van der Waals surface area contributed by atoms with Gasteiger partial charge in [0.1, 0.15) is 6.54 Å². The molecule has 1 unspecified atom stereocenters. The van der Waals surface area contributed by atoms with Crippen molar-refractivity contribution in [3.05, 3.63) is 41.4 Å². The molecule has 8 heteroatoms. The van der Waals surface area contributed by atoms with Crippen LogP contribution in [-0.2, 0) is 4.79 Å². The molecule has 1 aliphatic rings. The van der Waals surface area contributed by atoms with E-state index in [9.17, 15) is 4.79 Å². The lowest BCUT2D eigenvalue weighted by Gasteiger charge is -2.21. The standard InChI is InChI=1S/C19H28ClN5O.HI/c1-14(2)11-21-19(22-12-18(26)24(3)4)23-16-9-10-25(13-16)17-7-5-15(20)6-8-17;/h5-8,16H,1,9-13H2,2-4H3,(H2,21,22,23);1H. The quantitative estimate of drug-likeness (QED) is 0.270. The molecule has 1 amide bonds. The van der Waals surface area contributed by atoms with Crippen molar-refractivity contribution < 1.29 is 4.79 Å². The molecule has 1 heterocycles. The molecule has 1 aromatic carbocycles. The van der Waals surface area contributed by atoms with E-state index in [1.807, 2.05) is 31.2 Å². The fourth-order valence-corrected chi connectivity index (χ4v) is 2.76. The van der Waals surface area contributed by atoms with Crippen LogP contribution in [0, 0.1) is 0 Å². The van der Waals surface area contributed by atoms with Crippen molar-refractivity contribution in [1.82, 2.24) is 15.5 Å². The highest BCUT2D eigenvalue weighted by molar-refractivity contribution is 14.0. The monoisotopic (exact) mass is 505 g/mol. The Morgan fingerprint density at radius 1 is 1.37 bits per heavy atom. The van der Waals surface area contributed by atoms with Gasteiger partial charge in [-0.3, -0.25) is 4.79 Å². The molecule has 0 bridgehead atoms. The third-order valence-electron chi connectivity index (χ3n) is 4.15. The number of anilines is 1. The van der Waals surface area contributed by atoms with E-state index in [2.05, 4.69) is 27.1 Å². The Labute approximate surface area is 184 Å². The Bertz CT molecular complexity index is 663. The van der Waals surface area contributed by atoms with Gasteiger partial charge in [-0.05, 0) is 37.6 Å². The summed E-state index contributed by atoms with van der Waals surface area (Å²) in [6.07, 6.45) is 0.998. The van der Waals surface area contributed by atoms with Gasteiger partial charge >= 0.3 is 0 Å². The molecule has 6 nitrogen and oxygen atoms in total. The van der Waals surface area contributed by atoms with E-state index in [1.165, 1.54) is 4.90 Å². The number of halogens is 2. The first kappa shape index (κ1) is 23.6. The van der Waals surface area contributed by atoms with Gasteiger partial charge in [-0.15, -0.1) is 24.0 Å². The molecule has 1 aromatic rings. The summed E-state index contributed by atoms with van der Waals surface area (Å²) in [7, 11) is 3.46. The van der Waals surface area contributed by atoms with Crippen LogP contribution >= 0.6 is 35.6 Å². The third kappa shape index (κ3) is 7.96. The van der Waals surface area contributed by atoms with Gasteiger partial charge in [0.05, 0.1) is 0 Å². The minimum atomic E-state index is -0.0318. The number of carbonyl (C=O) groups excluding carboxylic acids is 1. The first-order chi connectivity index (χ1) is 12.3. The average molecular weight is 506 g/mol. The Morgan fingerprint density at radius 2 is 2.04 bits per heavy atom. The molecule has 1 atom stereocenters. The fraction of sp³-hybridized carbons (Fsp3) is 0.474. The van der Waals surface area contributed by atoms with E-state index in [4.69, 9.17) is 11.6 Å². The lowest BCUT2D eigenvalue weighted by molar-refractivity contribution is -0.127. The normalized spacial score (nSPS) is 16.5. The first-order valence-electron chi connectivity index (χ1n) is 8.75. The number of likely N-dealkylation sites (N-methyl/N-ethyl adjacent to an activating group) is 1. The Kier molecular flexibility index (Phi) is 9.93. The highest BCUT2D eigenvalue weighted by Gasteiger charge is 2.23. The number of carbonyl (C=O) groups is 1. The number of benzene rings is 1. The van der Waals surface area contributed by atoms with Crippen LogP contribution in [0.4, 0.5) is 5.69 Å². The summed E-state index contributed by atoms with van der Waals surface area (Å²) in [6, 6.07) is 8.15. The van der Waals surface area contributed by atoms with Crippen LogP contribution in [0.5, 0.6) is 0 Å². The van der Waals surface area contributed by atoms with Gasteiger partial charge in [0.25, 0.3) is 0 Å². The number of guanidine groups is 1. The predicted molar refractivity (Wildman–Crippen MR) is 124 cm³/mol. The van der Waals surface area contributed by atoms with E-state index in [0.717, 1.165) is 35.8 Å². The second-order valence-electron chi connectivity index (χ2n) is 6.82. The zero-order valence-corrected chi connectivity index (χ0v) is 19.3. The van der Waals surface area contributed by atoms with Crippen molar-refractivity contribution in [2.45, 2.75) is 19.4 Å². The summed E-state index contributed by atoms with van der Waals surface area (Å²) < 4.78 is 0. The van der Waals surface area contributed by atoms with E-state index in [-0.39, 0.29) is 42.5 Å². The van der Waals surface area contributed by atoms with E-state index in [1.54, 1.807) is 14.1 Å². The van der Waals surface area contributed by atoms with Crippen LogP contribution in [0.2, 0.25) is 5.02 Å². The molecule has 1 saturated heterocycles. The maximum absolute atomic E-state index is 11.8. The van der Waals surface area contributed by atoms with Gasteiger partial charge in [-0.2, -0.15) is 0 Å². The predicted octanol–water partition coefficient (Wildman–Crippen LogP) is 2.74. The molecular formula is C19H29ClIN5O. The molecule has 27 heavy (non-hydrogen) atoms. The topological polar surface area (TPSA) is 60.0 Å². The summed E-state index contributed by atoms with van der Waals surface area (Å²) in [6.45, 7) is 8.43. The zero-order valence-electron chi connectivity index (χ0n) is 16.2. The minimum absolute atomic E-state index is 0. The van der Waals surface area contributed by atoms with Crippen LogP contribution in [0.1, 0.15) is 13.3 Å². The Hall–Kier alpha value is -1.48. The molecule has 1 fully saturated rings. The lowest BCUT2D eigenvalue weighted by atomic mass is 10.2. The number of nitrogens with one attached hydrogen (secondary N) is 2. The van der Waals surface area contributed by atoms with Crippen molar-refractivity contribution in [3.8, 4) is 0 Å². The van der Waals surface area contributed by atoms with Crippen LogP contribution in [0.3, 0.4) is 0 Å². The van der Waals surface area contributed by atoms with Crippen LogP contribution < -0.4 is 15.5 Å². The van der Waals surface area contributed by atoms with Gasteiger partial charge in [-0.25, -0.2) is 4.99 Å². The molecule has 0 aliphatic carbocycles. The third-order valence-corrected chi connectivity index (χ3v) is 4.40. The number of hydrogen-bond acceptors (Lipinski definition) is 3. The van der Waals surface area contributed by atoms with Crippen molar-refractivity contribution in [2.75, 3.05) is 45.2 Å². The van der Waals surface area contributed by atoms with Crippen molar-refractivity contribution in [3.63, 3.8) is 0 Å². The molecule has 0 spiro atoms. The van der Waals surface area contributed by atoms with Gasteiger partial charge in [-0.1, -0.05) is 23.8 Å². The minimum Gasteiger partial charge on any atom is -0.369 e. The molecule has 0 aromatic heterocycles.